The number of hydrogen-bond donors (Lipinski definition) is 0. The Kier molecular flexibility index (Phi) is 12.8. The molecule has 1 aliphatic rings. The van der Waals surface area contributed by atoms with Gasteiger partial charge >= 0.3 is 149 Å². The summed E-state index contributed by atoms with van der Waals surface area (Å²) in [5, 5.41) is 0. The SMILES string of the molecule is CCC[CH2][Sn](/[CH]=C\COC1CCCCO1)([CH2]CCC)[CH2]CCC. The molecular weight excluding hydrogens is 391 g/mol. The van der Waals surface area contributed by atoms with Gasteiger partial charge in [-0.05, 0) is 0 Å². The van der Waals surface area contributed by atoms with Crippen LogP contribution in [0.4, 0.5) is 0 Å². The number of rotatable bonds is 13. The molecule has 2 nitrogen and oxygen atoms in total. The van der Waals surface area contributed by atoms with E-state index in [2.05, 4.69) is 30.9 Å². The van der Waals surface area contributed by atoms with Crippen LogP contribution in [0.25, 0.3) is 0 Å². The first kappa shape index (κ1) is 21.5. The van der Waals surface area contributed by atoms with Crippen molar-refractivity contribution in [1.82, 2.24) is 0 Å². The number of unbranched alkanes of at least 4 members (excludes halogenated alkanes) is 3. The first-order valence-corrected chi connectivity index (χ1v) is 17.9. The monoisotopic (exact) mass is 432 g/mol. The molecule has 0 aliphatic carbocycles. The average Bonchev–Trinajstić information content (AvgIpc) is 2.60. The summed E-state index contributed by atoms with van der Waals surface area (Å²) >= 11 is -2.09. The fourth-order valence-electron chi connectivity index (χ4n) is 3.52. The number of hydrogen-bond acceptors (Lipinski definition) is 2. The van der Waals surface area contributed by atoms with E-state index in [0.717, 1.165) is 19.6 Å². The van der Waals surface area contributed by atoms with Crippen LogP contribution in [0.3, 0.4) is 0 Å². The van der Waals surface area contributed by atoms with Crippen LogP contribution in [0.15, 0.2) is 10.2 Å². The molecular formula is C20H40O2Sn. The predicted molar refractivity (Wildman–Crippen MR) is 104 cm³/mol. The third kappa shape index (κ3) is 9.50. The van der Waals surface area contributed by atoms with E-state index >= 15 is 0 Å². The first-order valence-electron chi connectivity index (χ1n) is 10.2. The Morgan fingerprint density at radius 2 is 1.57 bits per heavy atom. The third-order valence-electron chi connectivity index (χ3n) is 5.07. The summed E-state index contributed by atoms with van der Waals surface area (Å²) < 4.78 is 18.9. The van der Waals surface area contributed by atoms with Gasteiger partial charge in [0.05, 0.1) is 0 Å². The van der Waals surface area contributed by atoms with Crippen molar-refractivity contribution in [3.05, 3.63) is 10.2 Å². The standard InChI is InChI=1S/C8H13O2.3C4H9.Sn/c1-2-6-9-8-5-3-4-7-10-8;3*1-3-4-2;/h1-2,8H,3-7H2;3*1,3-4H2,2H3;. The molecule has 0 aromatic carbocycles. The van der Waals surface area contributed by atoms with Crippen LogP contribution in [0.1, 0.15) is 78.6 Å². The molecule has 1 fully saturated rings. The summed E-state index contributed by atoms with van der Waals surface area (Å²) in [5.41, 5.74) is 0. The summed E-state index contributed by atoms with van der Waals surface area (Å²) in [5.74, 6) is 0. The average molecular weight is 431 g/mol. The molecule has 1 unspecified atom stereocenters. The van der Waals surface area contributed by atoms with Crippen LogP contribution >= 0.6 is 0 Å². The van der Waals surface area contributed by atoms with Crippen LogP contribution < -0.4 is 0 Å². The van der Waals surface area contributed by atoms with E-state index in [1.165, 1.54) is 51.4 Å². The fraction of sp³-hybridized carbons (Fsp3) is 0.900. The summed E-state index contributed by atoms with van der Waals surface area (Å²) in [7, 11) is 0. The second kappa shape index (κ2) is 13.7. The Bertz CT molecular complexity index is 276. The Hall–Kier alpha value is 0.459. The molecule has 0 spiro atoms. The molecule has 23 heavy (non-hydrogen) atoms. The van der Waals surface area contributed by atoms with E-state index in [1.807, 2.05) is 0 Å². The van der Waals surface area contributed by atoms with E-state index in [-0.39, 0.29) is 6.29 Å². The van der Waals surface area contributed by atoms with Gasteiger partial charge in [0.25, 0.3) is 0 Å². The molecule has 136 valence electrons. The molecule has 1 atom stereocenters. The van der Waals surface area contributed by atoms with Gasteiger partial charge in [0, 0.05) is 0 Å². The van der Waals surface area contributed by atoms with Crippen molar-refractivity contribution in [2.75, 3.05) is 13.2 Å². The van der Waals surface area contributed by atoms with Crippen molar-refractivity contribution in [3.8, 4) is 0 Å². The van der Waals surface area contributed by atoms with E-state index in [9.17, 15) is 0 Å². The second-order valence-corrected chi connectivity index (χ2v) is 20.2. The van der Waals surface area contributed by atoms with E-state index < -0.39 is 18.4 Å². The van der Waals surface area contributed by atoms with E-state index in [0.29, 0.717) is 0 Å². The molecule has 0 aromatic heterocycles. The van der Waals surface area contributed by atoms with Gasteiger partial charge in [-0.2, -0.15) is 0 Å². The van der Waals surface area contributed by atoms with E-state index in [1.54, 1.807) is 13.3 Å². The molecule has 3 heteroatoms. The van der Waals surface area contributed by atoms with Crippen LogP contribution in [0.5, 0.6) is 0 Å². The van der Waals surface area contributed by atoms with Gasteiger partial charge in [0.2, 0.25) is 0 Å². The predicted octanol–water partition coefficient (Wildman–Crippen LogP) is 6.47. The fourth-order valence-corrected chi connectivity index (χ4v) is 17.8. The summed E-state index contributed by atoms with van der Waals surface area (Å²) in [4.78, 5) is 0. The maximum absolute atomic E-state index is 5.92. The molecule has 0 aromatic rings. The van der Waals surface area contributed by atoms with Crippen LogP contribution in [-0.2, 0) is 9.47 Å². The zero-order valence-electron chi connectivity index (χ0n) is 15.9. The van der Waals surface area contributed by atoms with Crippen molar-refractivity contribution < 1.29 is 9.47 Å². The maximum atomic E-state index is 5.92. The molecule has 1 aliphatic heterocycles. The van der Waals surface area contributed by atoms with Crippen LogP contribution in [-0.4, -0.2) is 37.9 Å². The summed E-state index contributed by atoms with van der Waals surface area (Å²) in [6.45, 7) is 8.64. The molecule has 1 saturated heterocycles. The van der Waals surface area contributed by atoms with Gasteiger partial charge in [0.1, 0.15) is 0 Å². The minimum absolute atomic E-state index is 0.0555. The normalized spacial score (nSPS) is 19.5. The van der Waals surface area contributed by atoms with Gasteiger partial charge in [-0.1, -0.05) is 0 Å². The molecule has 1 heterocycles. The van der Waals surface area contributed by atoms with Gasteiger partial charge in [-0.15, -0.1) is 0 Å². The molecule has 0 bridgehead atoms. The van der Waals surface area contributed by atoms with Crippen molar-refractivity contribution in [1.29, 1.82) is 0 Å². The molecule has 0 amide bonds. The van der Waals surface area contributed by atoms with Crippen molar-refractivity contribution in [2.45, 2.75) is 98.2 Å². The summed E-state index contributed by atoms with van der Waals surface area (Å²) in [6, 6.07) is 0. The molecule has 0 saturated carbocycles. The molecule has 1 rings (SSSR count). The Morgan fingerprint density at radius 1 is 0.957 bits per heavy atom. The number of ether oxygens (including phenoxy) is 2. The minimum atomic E-state index is -2.09. The summed E-state index contributed by atoms with van der Waals surface area (Å²) in [6.07, 6.45) is 14.3. The van der Waals surface area contributed by atoms with Crippen molar-refractivity contribution >= 4 is 18.4 Å². The third-order valence-corrected chi connectivity index (χ3v) is 19.3. The van der Waals surface area contributed by atoms with Crippen LogP contribution in [0, 0.1) is 0 Å². The van der Waals surface area contributed by atoms with Gasteiger partial charge < -0.3 is 0 Å². The zero-order valence-corrected chi connectivity index (χ0v) is 18.8. The molecule has 0 N–H and O–H groups in total. The van der Waals surface area contributed by atoms with Gasteiger partial charge in [-0.25, -0.2) is 0 Å². The molecule has 0 radical (unpaired) electrons. The van der Waals surface area contributed by atoms with Crippen molar-refractivity contribution in [2.24, 2.45) is 0 Å². The van der Waals surface area contributed by atoms with Crippen LogP contribution in [0.2, 0.25) is 13.3 Å². The quantitative estimate of drug-likeness (QED) is 0.311. The first-order chi connectivity index (χ1) is 11.3. The van der Waals surface area contributed by atoms with Gasteiger partial charge in [0.15, 0.2) is 0 Å². The van der Waals surface area contributed by atoms with Gasteiger partial charge in [-0.3, -0.25) is 0 Å². The zero-order chi connectivity index (χ0) is 16.8. The Balaban J connectivity index is 2.53. The van der Waals surface area contributed by atoms with Crippen molar-refractivity contribution in [3.63, 3.8) is 0 Å². The second-order valence-electron chi connectivity index (χ2n) is 7.20. The van der Waals surface area contributed by atoms with E-state index in [4.69, 9.17) is 9.47 Å². The Labute approximate surface area is 149 Å². The topological polar surface area (TPSA) is 18.5 Å². The Morgan fingerprint density at radius 3 is 2.04 bits per heavy atom.